The lowest BCUT2D eigenvalue weighted by Crippen LogP contribution is -1.87. The van der Waals surface area contributed by atoms with Crippen molar-refractivity contribution in [3.63, 3.8) is 0 Å². The van der Waals surface area contributed by atoms with Crippen molar-refractivity contribution < 1.29 is 0 Å². The Bertz CT molecular complexity index is 99.9. The summed E-state index contributed by atoms with van der Waals surface area (Å²) >= 11 is 0. The van der Waals surface area contributed by atoms with Crippen LogP contribution in [-0.2, 0) is 0 Å². The summed E-state index contributed by atoms with van der Waals surface area (Å²) in [7, 11) is 0. The van der Waals surface area contributed by atoms with E-state index in [2.05, 4.69) is 33.6 Å². The highest BCUT2D eigenvalue weighted by Gasteiger charge is 1.93. The highest BCUT2D eigenvalue weighted by atomic mass is 14.0. The molecule has 0 spiro atoms. The number of unbranched alkanes of at least 4 members (excludes halogenated alkanes) is 6. The van der Waals surface area contributed by atoms with Gasteiger partial charge in [0.1, 0.15) is 0 Å². The van der Waals surface area contributed by atoms with Gasteiger partial charge in [-0.05, 0) is 5.92 Å². The zero-order valence-corrected chi connectivity index (χ0v) is 10.4. The maximum absolute atomic E-state index is 4.00. The molecule has 0 amide bonds. The molecule has 0 saturated carbocycles. The Morgan fingerprint density at radius 1 is 0.786 bits per heavy atom. The third-order valence-corrected chi connectivity index (χ3v) is 2.39. The largest absolute Gasteiger partial charge is 0.124 e. The fourth-order valence-corrected chi connectivity index (χ4v) is 1.51. The standard InChI is InChI=1S/C12H26.C2H2/c1-4-5-6-7-8-9-10-11-12(2)3;1-2/h12H,4-11H2,1-3H3;1-2H. The van der Waals surface area contributed by atoms with Gasteiger partial charge in [-0.2, -0.15) is 0 Å². The van der Waals surface area contributed by atoms with E-state index in [1.165, 1.54) is 51.4 Å². The van der Waals surface area contributed by atoms with Gasteiger partial charge < -0.3 is 0 Å². The molecule has 0 aromatic heterocycles. The van der Waals surface area contributed by atoms with E-state index in [0.29, 0.717) is 0 Å². The molecule has 0 bridgehead atoms. The first-order valence-corrected chi connectivity index (χ1v) is 6.10. The molecule has 0 aromatic rings. The Balaban J connectivity index is 0. The van der Waals surface area contributed by atoms with Crippen LogP contribution in [0.15, 0.2) is 0 Å². The molecule has 0 saturated heterocycles. The molecular formula is C14H28. The fourth-order valence-electron chi connectivity index (χ4n) is 1.51. The summed E-state index contributed by atoms with van der Waals surface area (Å²) in [5, 5.41) is 0. The van der Waals surface area contributed by atoms with Crippen molar-refractivity contribution in [2.45, 2.75) is 72.1 Å². The van der Waals surface area contributed by atoms with Crippen LogP contribution in [0.2, 0.25) is 0 Å². The molecule has 84 valence electrons. The summed E-state index contributed by atoms with van der Waals surface area (Å²) in [6.07, 6.45) is 19.5. The van der Waals surface area contributed by atoms with Crippen LogP contribution in [0.25, 0.3) is 0 Å². The second kappa shape index (κ2) is 15.1. The summed E-state index contributed by atoms with van der Waals surface area (Å²) in [6.45, 7) is 6.91. The number of hydrogen-bond acceptors (Lipinski definition) is 0. The second-order valence-corrected chi connectivity index (χ2v) is 4.30. The van der Waals surface area contributed by atoms with E-state index in [9.17, 15) is 0 Å². The SMILES string of the molecule is C#C.CCCCCCCCCC(C)C. The molecule has 0 nitrogen and oxygen atoms in total. The summed E-state index contributed by atoms with van der Waals surface area (Å²) in [6, 6.07) is 0. The van der Waals surface area contributed by atoms with Gasteiger partial charge >= 0.3 is 0 Å². The van der Waals surface area contributed by atoms with Crippen LogP contribution >= 0.6 is 0 Å². The van der Waals surface area contributed by atoms with E-state index in [1.807, 2.05) is 0 Å². The first-order valence-electron chi connectivity index (χ1n) is 6.10. The van der Waals surface area contributed by atoms with Crippen LogP contribution in [0, 0.1) is 18.8 Å². The van der Waals surface area contributed by atoms with E-state index in [0.717, 1.165) is 5.92 Å². The van der Waals surface area contributed by atoms with Gasteiger partial charge in [0.15, 0.2) is 0 Å². The zero-order valence-electron chi connectivity index (χ0n) is 10.4. The van der Waals surface area contributed by atoms with Crippen molar-refractivity contribution in [2.75, 3.05) is 0 Å². The number of rotatable bonds is 8. The van der Waals surface area contributed by atoms with Crippen molar-refractivity contribution in [3.05, 3.63) is 0 Å². The van der Waals surface area contributed by atoms with Crippen LogP contribution in [-0.4, -0.2) is 0 Å². The Labute approximate surface area is 91.5 Å². The maximum Gasteiger partial charge on any atom is -0.0471 e. The molecule has 0 aliphatic rings. The van der Waals surface area contributed by atoms with Gasteiger partial charge in [-0.25, -0.2) is 0 Å². The monoisotopic (exact) mass is 196 g/mol. The van der Waals surface area contributed by atoms with Crippen LogP contribution in [0.1, 0.15) is 72.1 Å². The van der Waals surface area contributed by atoms with Crippen LogP contribution < -0.4 is 0 Å². The lowest BCUT2D eigenvalue weighted by Gasteiger charge is -2.03. The van der Waals surface area contributed by atoms with E-state index in [1.54, 1.807) is 0 Å². The van der Waals surface area contributed by atoms with Gasteiger partial charge in [0.25, 0.3) is 0 Å². The number of terminal acetylenes is 1. The third-order valence-electron chi connectivity index (χ3n) is 2.39. The van der Waals surface area contributed by atoms with Gasteiger partial charge in [0.05, 0.1) is 0 Å². The van der Waals surface area contributed by atoms with Crippen molar-refractivity contribution >= 4 is 0 Å². The quantitative estimate of drug-likeness (QED) is 0.377. The van der Waals surface area contributed by atoms with Gasteiger partial charge in [-0.3, -0.25) is 0 Å². The van der Waals surface area contributed by atoms with Crippen LogP contribution in [0.5, 0.6) is 0 Å². The molecule has 0 atom stereocenters. The first-order chi connectivity index (χ1) is 6.77. The van der Waals surface area contributed by atoms with Crippen molar-refractivity contribution in [1.82, 2.24) is 0 Å². The van der Waals surface area contributed by atoms with E-state index in [4.69, 9.17) is 0 Å². The Kier molecular flexibility index (Phi) is 17.2. The lowest BCUT2D eigenvalue weighted by atomic mass is 10.0. The predicted octanol–water partition coefficient (Wildman–Crippen LogP) is 5.03. The molecule has 0 heterocycles. The molecule has 0 aliphatic heterocycles. The predicted molar refractivity (Wildman–Crippen MR) is 67.3 cm³/mol. The third kappa shape index (κ3) is 17.6. The lowest BCUT2D eigenvalue weighted by molar-refractivity contribution is 0.511. The molecule has 0 radical (unpaired) electrons. The van der Waals surface area contributed by atoms with Gasteiger partial charge in [-0.15, -0.1) is 12.8 Å². The number of hydrogen-bond donors (Lipinski definition) is 0. The topological polar surface area (TPSA) is 0 Å². The average Bonchev–Trinajstić information content (AvgIpc) is 2.19. The van der Waals surface area contributed by atoms with Gasteiger partial charge in [0, 0.05) is 0 Å². The van der Waals surface area contributed by atoms with Crippen LogP contribution in [0.3, 0.4) is 0 Å². The minimum Gasteiger partial charge on any atom is -0.124 e. The molecule has 0 aromatic carbocycles. The highest BCUT2D eigenvalue weighted by molar-refractivity contribution is 4.48. The van der Waals surface area contributed by atoms with E-state index >= 15 is 0 Å². The summed E-state index contributed by atoms with van der Waals surface area (Å²) in [4.78, 5) is 0. The zero-order chi connectivity index (χ0) is 11.2. The van der Waals surface area contributed by atoms with Gasteiger partial charge in [-0.1, -0.05) is 72.1 Å². The maximum atomic E-state index is 4.00. The summed E-state index contributed by atoms with van der Waals surface area (Å²) in [5.41, 5.74) is 0. The fraction of sp³-hybridized carbons (Fsp3) is 0.857. The Morgan fingerprint density at radius 3 is 1.64 bits per heavy atom. The molecule has 0 N–H and O–H groups in total. The average molecular weight is 196 g/mol. The molecule has 0 aliphatic carbocycles. The molecular weight excluding hydrogens is 168 g/mol. The molecule has 0 heteroatoms. The minimum absolute atomic E-state index is 0.903. The highest BCUT2D eigenvalue weighted by Crippen LogP contribution is 2.11. The molecule has 0 unspecified atom stereocenters. The Morgan fingerprint density at radius 2 is 1.21 bits per heavy atom. The van der Waals surface area contributed by atoms with Crippen molar-refractivity contribution in [3.8, 4) is 12.8 Å². The van der Waals surface area contributed by atoms with Crippen molar-refractivity contribution in [2.24, 2.45) is 5.92 Å². The minimum atomic E-state index is 0.903. The Hall–Kier alpha value is -0.440. The normalized spacial score (nSPS) is 9.57. The van der Waals surface area contributed by atoms with Crippen LogP contribution in [0.4, 0.5) is 0 Å². The first kappa shape index (κ1) is 16.0. The second-order valence-electron chi connectivity index (χ2n) is 4.30. The van der Waals surface area contributed by atoms with Crippen molar-refractivity contribution in [1.29, 1.82) is 0 Å². The molecule has 0 fully saturated rings. The summed E-state index contributed by atoms with van der Waals surface area (Å²) in [5.74, 6) is 0.903. The smallest absolute Gasteiger partial charge is 0.0471 e. The molecule has 0 rings (SSSR count). The van der Waals surface area contributed by atoms with E-state index in [-0.39, 0.29) is 0 Å². The van der Waals surface area contributed by atoms with E-state index < -0.39 is 0 Å². The molecule has 14 heavy (non-hydrogen) atoms. The summed E-state index contributed by atoms with van der Waals surface area (Å²) < 4.78 is 0. The van der Waals surface area contributed by atoms with Gasteiger partial charge in [0.2, 0.25) is 0 Å².